The van der Waals surface area contributed by atoms with E-state index in [2.05, 4.69) is 10.1 Å². The van der Waals surface area contributed by atoms with Crippen molar-refractivity contribution in [3.8, 4) is 0 Å². The minimum atomic E-state index is 0. The molecule has 0 aromatic rings. The molecule has 0 saturated heterocycles. The standard InChI is InChI=1S/Al.Cu.Ga.S.Zn.6H. The van der Waals surface area contributed by atoms with Gasteiger partial charge in [-0.2, -0.15) is 0 Å². The zero-order valence-corrected chi connectivity index (χ0v) is 6.14. The van der Waals surface area contributed by atoms with Crippen molar-refractivity contribution < 1.29 is 33.6 Å². The van der Waals surface area contributed by atoms with E-state index in [9.17, 15) is 0 Å². The molecule has 5 heteroatoms. The third-order valence-corrected chi connectivity index (χ3v) is 0. The fourth-order valence-electron chi connectivity index (χ4n) is 0. The molecule has 0 atom stereocenters. The third-order valence-electron chi connectivity index (χ3n) is 0. The van der Waals surface area contributed by atoms with E-state index in [1.165, 1.54) is 0 Å². The van der Waals surface area contributed by atoms with Gasteiger partial charge in [-0.3, -0.25) is 0 Å². The van der Waals surface area contributed by atoms with Crippen molar-refractivity contribution in [2.75, 3.05) is 0 Å². The van der Waals surface area contributed by atoms with Crippen LogP contribution in [0.25, 0.3) is 0 Å². The van der Waals surface area contributed by atoms with Crippen molar-refractivity contribution in [1.82, 2.24) is 0 Å². The molecule has 0 heterocycles. The molecule has 0 aliphatic rings. The molecule has 0 aromatic heterocycles. The Bertz CT molecular complexity index is 11.6. The topological polar surface area (TPSA) is 0 Å². The Hall–Kier alpha value is 2.53. The van der Waals surface area contributed by atoms with E-state index in [0.29, 0.717) is 0 Å². The van der Waals surface area contributed by atoms with Crippen LogP contribution in [0.3, 0.4) is 0 Å². The molecule has 0 aromatic carbocycles. The molecule has 0 aliphatic carbocycles. The van der Waals surface area contributed by atoms with Crippen LogP contribution in [-0.4, -0.2) is 37.2 Å². The molecule has 0 bridgehead atoms. The second-order valence-corrected chi connectivity index (χ2v) is 0. The Kier molecular flexibility index (Phi) is 161. The van der Waals surface area contributed by atoms with Crippen molar-refractivity contribution in [3.63, 3.8) is 0 Å². The molecule has 0 unspecified atom stereocenters. The molecule has 5 heavy (non-hydrogen) atoms. The maximum atomic E-state index is 4.21. The number of hydrogen-bond acceptors (Lipinski definition) is 1. The van der Waals surface area contributed by atoms with Crippen molar-refractivity contribution >= 4 is 47.3 Å². The fourth-order valence-corrected chi connectivity index (χ4v) is 0. The van der Waals surface area contributed by atoms with Crippen LogP contribution >= 0.6 is 10.1 Å². The summed E-state index contributed by atoms with van der Waals surface area (Å²) in [6, 6.07) is 0. The summed E-state index contributed by atoms with van der Waals surface area (Å²) < 4.78 is 0. The van der Waals surface area contributed by atoms with Gasteiger partial charge in [0.1, 0.15) is 0 Å². The average molecular weight is 264 g/mol. The molecular weight excluding hydrogens is 258 g/mol. The quantitative estimate of drug-likeness (QED) is 0.469. The summed E-state index contributed by atoms with van der Waals surface area (Å²) in [5.41, 5.74) is 0. The van der Waals surface area contributed by atoms with Gasteiger partial charge in [-0.1, -0.05) is 0 Å². The molecule has 0 aliphatic heterocycles. The number of rotatable bonds is 0. The average Bonchev–Trinajstić information content (AvgIpc) is 1.00. The van der Waals surface area contributed by atoms with E-state index >= 15 is 0 Å². The van der Waals surface area contributed by atoms with Crippen LogP contribution in [0.4, 0.5) is 0 Å². The van der Waals surface area contributed by atoms with Gasteiger partial charge in [-0.25, -0.2) is 0 Å². The fraction of sp³-hybridized carbons (Fsp3) is 0. The molecule has 31 valence electrons. The molecule has 0 nitrogen and oxygen atoms in total. The van der Waals surface area contributed by atoms with Gasteiger partial charge in [0.15, 0.2) is 17.4 Å². The summed E-state index contributed by atoms with van der Waals surface area (Å²) in [7, 11) is 4.21. The van der Waals surface area contributed by atoms with E-state index in [0.717, 1.165) is 16.6 Å². The second-order valence-electron chi connectivity index (χ2n) is 0. The number of hydrogen-bond donors (Lipinski definition) is 0. The Labute approximate surface area is 79.8 Å². The predicted octanol–water partition coefficient (Wildman–Crippen LogP) is -1.72. The van der Waals surface area contributed by atoms with Gasteiger partial charge < -0.3 is 0 Å². The summed E-state index contributed by atoms with van der Waals surface area (Å²) in [5.74, 6) is 0. The predicted molar refractivity (Wildman–Crippen MR) is 27.5 cm³/mol. The van der Waals surface area contributed by atoms with Crippen LogP contribution in [0.2, 0.25) is 0 Å². The van der Waals surface area contributed by atoms with Crippen LogP contribution in [-0.2, 0) is 33.6 Å². The van der Waals surface area contributed by atoms with E-state index < -0.39 is 0 Å². The SMILES string of the molecule is [AlH3].[Cu].[GaH3].[S]=[Zn]. The van der Waals surface area contributed by atoms with Gasteiger partial charge in [-0.05, 0) is 0 Å². The molecule has 0 rings (SSSR count). The molecule has 0 N–H and O–H groups in total. The van der Waals surface area contributed by atoms with Gasteiger partial charge in [-0.15, -0.1) is 0 Å². The van der Waals surface area contributed by atoms with Crippen LogP contribution in [0.5, 0.6) is 0 Å². The molecular formula is H6AlCuGaSZn. The molecule has 0 saturated carbocycles. The summed E-state index contributed by atoms with van der Waals surface area (Å²) in [6.07, 6.45) is 0. The first-order valence-corrected chi connectivity index (χ1v) is 4.50. The Balaban J connectivity index is -0.00000000167. The van der Waals surface area contributed by atoms with E-state index in [1.807, 2.05) is 0 Å². The molecule has 0 fully saturated rings. The van der Waals surface area contributed by atoms with E-state index in [4.69, 9.17) is 0 Å². The van der Waals surface area contributed by atoms with E-state index in [-0.39, 0.29) is 54.2 Å². The van der Waals surface area contributed by atoms with Crippen molar-refractivity contribution in [2.24, 2.45) is 0 Å². The van der Waals surface area contributed by atoms with Crippen molar-refractivity contribution in [3.05, 3.63) is 0 Å². The normalized spacial score (nSPS) is 1.20. The first kappa shape index (κ1) is 25.8. The first-order valence-electron chi connectivity index (χ1n) is 0.289. The Morgan fingerprint density at radius 2 is 1.20 bits per heavy atom. The van der Waals surface area contributed by atoms with Crippen LogP contribution in [0, 0.1) is 0 Å². The molecule has 0 amide bonds. The summed E-state index contributed by atoms with van der Waals surface area (Å²) in [6.45, 7) is 0. The zero-order chi connectivity index (χ0) is 2.00. The second kappa shape index (κ2) is 31.2. The van der Waals surface area contributed by atoms with Gasteiger partial charge in [0, 0.05) is 17.1 Å². The van der Waals surface area contributed by atoms with Gasteiger partial charge in [0.2, 0.25) is 0 Å². The monoisotopic (exact) mass is 261 g/mol. The Morgan fingerprint density at radius 3 is 1.20 bits per heavy atom. The first-order chi connectivity index (χ1) is 1.00. The van der Waals surface area contributed by atoms with Gasteiger partial charge in [0.25, 0.3) is 0 Å². The minimum absolute atomic E-state index is 0. The summed E-state index contributed by atoms with van der Waals surface area (Å²) in [5, 5.41) is 0. The Morgan fingerprint density at radius 1 is 1.20 bits per heavy atom. The van der Waals surface area contributed by atoms with Crippen molar-refractivity contribution in [2.45, 2.75) is 0 Å². The molecule has 0 spiro atoms. The maximum absolute atomic E-state index is 4.21. The zero-order valence-electron chi connectivity index (χ0n) is 1.42. The molecule has 1 radical (unpaired) electrons. The van der Waals surface area contributed by atoms with Crippen LogP contribution < -0.4 is 0 Å². The van der Waals surface area contributed by atoms with Crippen molar-refractivity contribution in [1.29, 1.82) is 0 Å². The van der Waals surface area contributed by atoms with E-state index in [1.54, 1.807) is 0 Å². The summed E-state index contributed by atoms with van der Waals surface area (Å²) >= 11 is 0.958. The van der Waals surface area contributed by atoms with Gasteiger partial charge >= 0.3 is 46.5 Å². The third kappa shape index (κ3) is 20.9. The van der Waals surface area contributed by atoms with Crippen LogP contribution in [0.1, 0.15) is 0 Å². The van der Waals surface area contributed by atoms with Gasteiger partial charge in [0.05, 0.1) is 0 Å². The summed E-state index contributed by atoms with van der Waals surface area (Å²) in [4.78, 5) is 0. The van der Waals surface area contributed by atoms with Crippen LogP contribution in [0.15, 0.2) is 0 Å².